The van der Waals surface area contributed by atoms with Crippen LogP contribution in [0.1, 0.15) is 6.92 Å². The summed E-state index contributed by atoms with van der Waals surface area (Å²) < 4.78 is 0. The third kappa shape index (κ3) is 95.6. The number of halogens is 4. The van der Waals surface area contributed by atoms with Crippen molar-refractivity contribution in [2.75, 3.05) is 6.54 Å². The molecule has 0 spiro atoms. The van der Waals surface area contributed by atoms with Gasteiger partial charge in [0.1, 0.15) is 0 Å². The minimum atomic E-state index is -3.39. The second kappa shape index (κ2) is 7.15. The van der Waals surface area contributed by atoms with Gasteiger partial charge < -0.3 is 5.73 Å². The van der Waals surface area contributed by atoms with Gasteiger partial charge in [-0.1, -0.05) is 6.92 Å². The van der Waals surface area contributed by atoms with Gasteiger partial charge in [0.05, 0.1) is 0 Å². The fourth-order valence-electron chi connectivity index (χ4n) is 0. The molecule has 0 aromatic rings. The number of hydrogen-bond acceptors (Lipinski definition) is 1. The van der Waals surface area contributed by atoms with Crippen LogP contribution in [-0.4, -0.2) is 22.8 Å². The van der Waals surface area contributed by atoms with Crippen LogP contribution in [0.2, 0.25) is 0 Å². The molecule has 1 nitrogen and oxygen atoms in total. The van der Waals surface area contributed by atoms with Gasteiger partial charge in [-0.3, -0.25) is 0 Å². The minimum absolute atomic E-state index is 0.750. The fraction of sp³-hybridized carbons (Fsp3) is 1.00. The fourth-order valence-corrected chi connectivity index (χ4v) is 0. The quantitative estimate of drug-likeness (QED) is 0.628. The predicted octanol–water partition coefficient (Wildman–Crippen LogP) is 2.34. The molecule has 0 rings (SSSR count). The molecule has 0 atom stereocenters. The van der Waals surface area contributed by atoms with Crippen molar-refractivity contribution in [3.05, 3.63) is 0 Å². The van der Waals surface area contributed by atoms with E-state index in [-0.39, 0.29) is 0 Å². The molecule has 0 unspecified atom stereocenters. The van der Waals surface area contributed by atoms with Crippen LogP contribution in [-0.2, 0) is 0 Å². The van der Waals surface area contributed by atoms with Crippen molar-refractivity contribution < 1.29 is 0 Å². The summed E-state index contributed by atoms with van der Waals surface area (Å²) in [6, 6.07) is 0. The number of rotatable bonds is 0. The van der Waals surface area contributed by atoms with Crippen molar-refractivity contribution in [3.8, 4) is 0 Å². The Balaban J connectivity index is 0. The molecule has 0 aromatic carbocycles. The van der Waals surface area contributed by atoms with Gasteiger partial charge in [-0.25, -0.2) is 0 Å². The zero-order valence-electron chi connectivity index (χ0n) is 4.30. The van der Waals surface area contributed by atoms with Crippen molar-refractivity contribution >= 4 is 49.5 Å². The second-order valence-electron chi connectivity index (χ2n) is 0.837. The summed E-state index contributed by atoms with van der Waals surface area (Å²) in [5, 5.41) is 0. The Bertz CT molecular complexity index is 37.8. The Hall–Kier alpha value is 2.04. The average molecular weight is 394 g/mol. The van der Waals surface area contributed by atoms with Crippen LogP contribution in [0.4, 0.5) is 0 Å². The zero-order chi connectivity index (χ0) is 7.21. The van der Waals surface area contributed by atoms with Crippen LogP contribution in [0.25, 0.3) is 0 Å². The van der Waals surface area contributed by atoms with Gasteiger partial charge in [0, 0.05) is 0 Å². The van der Waals surface area contributed by atoms with Crippen LogP contribution in [0.3, 0.4) is 0 Å². The molecular formula is C2H7Cl4NPb. The first-order chi connectivity index (χ1) is 3.41. The molecule has 0 aliphatic heterocycles. The van der Waals surface area contributed by atoms with E-state index in [2.05, 4.69) is 0 Å². The molecule has 0 saturated heterocycles. The van der Waals surface area contributed by atoms with E-state index >= 15 is 0 Å². The Labute approximate surface area is 68.0 Å². The van der Waals surface area contributed by atoms with E-state index in [1.807, 2.05) is 6.92 Å². The molecule has 2 N–H and O–H groups in total. The Kier molecular flexibility index (Phi) is 11.4. The molecule has 0 amide bonds. The van der Waals surface area contributed by atoms with E-state index in [1.54, 1.807) is 0 Å². The summed E-state index contributed by atoms with van der Waals surface area (Å²) in [6.07, 6.45) is 0. The van der Waals surface area contributed by atoms with Gasteiger partial charge in [0.2, 0.25) is 0 Å². The van der Waals surface area contributed by atoms with Crippen LogP contribution >= 0.6 is 33.3 Å². The second-order valence-corrected chi connectivity index (χ2v) is 34.3. The summed E-state index contributed by atoms with van der Waals surface area (Å²) in [4.78, 5) is 0. The van der Waals surface area contributed by atoms with Crippen LogP contribution in [0, 0.1) is 0 Å². The average Bonchev–Trinajstić information content (AvgIpc) is 1.27. The van der Waals surface area contributed by atoms with E-state index in [0.717, 1.165) is 6.54 Å². The van der Waals surface area contributed by atoms with Gasteiger partial charge >= 0.3 is 49.5 Å². The van der Waals surface area contributed by atoms with Crippen molar-refractivity contribution in [2.24, 2.45) is 5.73 Å². The van der Waals surface area contributed by atoms with Gasteiger partial charge in [-0.15, -0.1) is 0 Å². The first kappa shape index (κ1) is 12.7. The maximum absolute atomic E-state index is 5.05. The molecule has 52 valence electrons. The summed E-state index contributed by atoms with van der Waals surface area (Å²) in [6.45, 7) is 2.65. The molecule has 0 bridgehead atoms. The molecule has 0 fully saturated rings. The SMILES string of the molecule is CCN.[Cl][Pb]([Cl])([Cl])[Cl]. The van der Waals surface area contributed by atoms with Crippen LogP contribution in [0.5, 0.6) is 0 Å². The van der Waals surface area contributed by atoms with Gasteiger partial charge in [-0.05, 0) is 6.54 Å². The van der Waals surface area contributed by atoms with Gasteiger partial charge in [-0.2, -0.15) is 0 Å². The monoisotopic (exact) mass is 393 g/mol. The van der Waals surface area contributed by atoms with E-state index in [4.69, 9.17) is 39.0 Å². The summed E-state index contributed by atoms with van der Waals surface area (Å²) in [7, 11) is 20.2. The van der Waals surface area contributed by atoms with Crippen molar-refractivity contribution in [2.45, 2.75) is 6.92 Å². The normalized spacial score (nSPS) is 9.75. The first-order valence-electron chi connectivity index (χ1n) is 1.87. The van der Waals surface area contributed by atoms with E-state index in [1.165, 1.54) is 0 Å². The zero-order valence-corrected chi connectivity index (χ0v) is 11.2. The van der Waals surface area contributed by atoms with E-state index in [9.17, 15) is 0 Å². The molecule has 0 radical (unpaired) electrons. The van der Waals surface area contributed by atoms with E-state index in [0.29, 0.717) is 0 Å². The van der Waals surface area contributed by atoms with Gasteiger partial charge in [0.15, 0.2) is 0 Å². The first-order valence-corrected chi connectivity index (χ1v) is 21.0. The molecule has 0 aliphatic rings. The van der Waals surface area contributed by atoms with Crippen molar-refractivity contribution in [1.82, 2.24) is 0 Å². The van der Waals surface area contributed by atoms with E-state index < -0.39 is 16.3 Å². The molecule has 0 aromatic heterocycles. The molecular weight excluding hydrogens is 387 g/mol. The van der Waals surface area contributed by atoms with Crippen LogP contribution < -0.4 is 5.73 Å². The molecule has 8 heavy (non-hydrogen) atoms. The van der Waals surface area contributed by atoms with Crippen molar-refractivity contribution in [3.63, 3.8) is 0 Å². The van der Waals surface area contributed by atoms with Crippen LogP contribution in [0.15, 0.2) is 0 Å². The summed E-state index contributed by atoms with van der Waals surface area (Å²) in [5.41, 5.74) is 4.85. The third-order valence-corrected chi connectivity index (χ3v) is 0. The summed E-state index contributed by atoms with van der Waals surface area (Å²) in [5.74, 6) is 0. The maximum atomic E-state index is 5.05. The standard InChI is InChI=1S/C2H7N.4ClH.Pb/c1-2-3;;;;;/h2-3H2,1H3;4*1H;/q;;;;;+4/p-4. The van der Waals surface area contributed by atoms with Gasteiger partial charge in [0.25, 0.3) is 0 Å². The van der Waals surface area contributed by atoms with Crippen molar-refractivity contribution in [1.29, 1.82) is 0 Å². The predicted molar refractivity (Wildman–Crippen MR) is 43.9 cm³/mol. The topological polar surface area (TPSA) is 26.0 Å². The third-order valence-electron chi connectivity index (χ3n) is 0. The molecule has 0 saturated carbocycles. The molecule has 0 aliphatic carbocycles. The Morgan fingerprint density at radius 2 is 1.25 bits per heavy atom. The number of nitrogens with two attached hydrogens (primary N) is 1. The molecule has 0 heterocycles. The Morgan fingerprint density at radius 1 is 1.25 bits per heavy atom. The Morgan fingerprint density at radius 3 is 1.25 bits per heavy atom. The molecule has 6 heteroatoms. The summed E-state index contributed by atoms with van der Waals surface area (Å²) >= 11 is -3.39. The number of hydrogen-bond donors (Lipinski definition) is 1.